The minimum Gasteiger partial charge on any atom is -0.468 e. The number of hydrogen-bond donors (Lipinski definition) is 1. The molecule has 1 saturated carbocycles. The minimum atomic E-state index is -0.565. The van der Waals surface area contributed by atoms with Crippen molar-refractivity contribution in [1.82, 2.24) is 5.32 Å². The summed E-state index contributed by atoms with van der Waals surface area (Å²) in [6.45, 7) is 6.08. The van der Waals surface area contributed by atoms with Crippen LogP contribution in [0.5, 0.6) is 0 Å². The Kier molecular flexibility index (Phi) is 6.13. The number of esters is 1. The molecular weight excluding hydrogens is 226 g/mol. The molecule has 0 aromatic carbocycles. The van der Waals surface area contributed by atoms with Crippen LogP contribution in [0, 0.1) is 5.92 Å². The zero-order valence-corrected chi connectivity index (χ0v) is 12.4. The molecule has 1 rings (SSSR count). The van der Waals surface area contributed by atoms with Crippen LogP contribution in [0.25, 0.3) is 0 Å². The van der Waals surface area contributed by atoms with Crippen LogP contribution in [0.3, 0.4) is 0 Å². The Bertz CT molecular complexity index is 263. The maximum Gasteiger partial charge on any atom is 0.325 e. The van der Waals surface area contributed by atoms with Crippen LogP contribution in [0.15, 0.2) is 0 Å². The molecule has 1 fully saturated rings. The molecule has 0 amide bonds. The molecule has 106 valence electrons. The van der Waals surface area contributed by atoms with Crippen LogP contribution >= 0.6 is 0 Å². The van der Waals surface area contributed by atoms with Gasteiger partial charge in [0.25, 0.3) is 0 Å². The monoisotopic (exact) mass is 255 g/mol. The third-order valence-electron chi connectivity index (χ3n) is 4.05. The quantitative estimate of drug-likeness (QED) is 0.605. The normalized spacial score (nSPS) is 25.6. The Morgan fingerprint density at radius 1 is 1.28 bits per heavy atom. The molecule has 0 aromatic heterocycles. The molecule has 3 heteroatoms. The first-order valence-electron chi connectivity index (χ1n) is 7.35. The molecule has 0 aliphatic heterocycles. The summed E-state index contributed by atoms with van der Waals surface area (Å²) in [4.78, 5) is 11.7. The summed E-state index contributed by atoms with van der Waals surface area (Å²) in [7, 11) is 1.45. The number of methoxy groups -OCH3 is 1. The zero-order chi connectivity index (χ0) is 13.6. The highest BCUT2D eigenvalue weighted by molar-refractivity contribution is 5.79. The molecular formula is C15H29NO2. The highest BCUT2D eigenvalue weighted by Crippen LogP contribution is 2.27. The number of hydrogen-bond acceptors (Lipinski definition) is 3. The maximum atomic E-state index is 11.7. The third-order valence-corrected chi connectivity index (χ3v) is 4.05. The Balaban J connectivity index is 2.46. The highest BCUT2D eigenvalue weighted by atomic mass is 16.5. The first-order chi connectivity index (χ1) is 8.49. The summed E-state index contributed by atoms with van der Waals surface area (Å²) in [5, 5.41) is 3.47. The van der Waals surface area contributed by atoms with Crippen molar-refractivity contribution in [1.29, 1.82) is 0 Å². The van der Waals surface area contributed by atoms with Gasteiger partial charge in [0.15, 0.2) is 0 Å². The lowest BCUT2D eigenvalue weighted by Crippen LogP contribution is -2.52. The van der Waals surface area contributed by atoms with Gasteiger partial charge in [-0.05, 0) is 39.0 Å². The molecule has 1 N–H and O–H groups in total. The summed E-state index contributed by atoms with van der Waals surface area (Å²) >= 11 is 0. The van der Waals surface area contributed by atoms with Gasteiger partial charge in [0.05, 0.1) is 7.11 Å². The number of carbonyl (C=O) groups excluding carboxylic acids is 1. The average Bonchev–Trinajstić information content (AvgIpc) is 2.54. The second-order valence-electron chi connectivity index (χ2n) is 6.12. The lowest BCUT2D eigenvalue weighted by Gasteiger charge is -2.29. The lowest BCUT2D eigenvalue weighted by molar-refractivity contribution is -0.147. The van der Waals surface area contributed by atoms with Crippen molar-refractivity contribution in [2.75, 3.05) is 7.11 Å². The zero-order valence-electron chi connectivity index (χ0n) is 12.4. The molecule has 3 nitrogen and oxygen atoms in total. The highest BCUT2D eigenvalue weighted by Gasteiger charge is 2.31. The second kappa shape index (κ2) is 7.13. The van der Waals surface area contributed by atoms with E-state index < -0.39 is 5.54 Å². The van der Waals surface area contributed by atoms with Crippen molar-refractivity contribution in [2.24, 2.45) is 5.92 Å². The summed E-state index contributed by atoms with van der Waals surface area (Å²) in [5.41, 5.74) is -0.565. The van der Waals surface area contributed by atoms with Gasteiger partial charge in [-0.1, -0.05) is 32.6 Å². The van der Waals surface area contributed by atoms with Gasteiger partial charge in [0.2, 0.25) is 0 Å². The molecule has 1 aliphatic carbocycles. The van der Waals surface area contributed by atoms with Crippen LogP contribution in [-0.2, 0) is 9.53 Å². The SMILES string of the molecule is CCCC1CCCC(NC(C)(C)C(=O)OC)CC1. The molecule has 0 saturated heterocycles. The van der Waals surface area contributed by atoms with E-state index in [1.807, 2.05) is 13.8 Å². The lowest BCUT2D eigenvalue weighted by atomic mass is 9.95. The van der Waals surface area contributed by atoms with Crippen molar-refractivity contribution in [3.05, 3.63) is 0 Å². The smallest absolute Gasteiger partial charge is 0.325 e. The van der Waals surface area contributed by atoms with Crippen LogP contribution in [0.4, 0.5) is 0 Å². The van der Waals surface area contributed by atoms with Crippen LogP contribution < -0.4 is 5.32 Å². The van der Waals surface area contributed by atoms with Crippen molar-refractivity contribution in [2.45, 2.75) is 77.3 Å². The van der Waals surface area contributed by atoms with E-state index in [1.165, 1.54) is 52.1 Å². The Labute approximate surface area is 112 Å². The molecule has 18 heavy (non-hydrogen) atoms. The van der Waals surface area contributed by atoms with Gasteiger partial charge in [-0.15, -0.1) is 0 Å². The molecule has 0 bridgehead atoms. The molecule has 2 atom stereocenters. The molecule has 0 heterocycles. The second-order valence-corrected chi connectivity index (χ2v) is 6.12. The van der Waals surface area contributed by atoms with Crippen molar-refractivity contribution in [3.63, 3.8) is 0 Å². The van der Waals surface area contributed by atoms with E-state index >= 15 is 0 Å². The van der Waals surface area contributed by atoms with Crippen LogP contribution in [-0.4, -0.2) is 24.7 Å². The van der Waals surface area contributed by atoms with E-state index in [1.54, 1.807) is 0 Å². The average molecular weight is 255 g/mol. The summed E-state index contributed by atoms with van der Waals surface area (Å²) < 4.78 is 4.85. The van der Waals surface area contributed by atoms with E-state index in [2.05, 4.69) is 12.2 Å². The van der Waals surface area contributed by atoms with Crippen LogP contribution in [0.2, 0.25) is 0 Å². The fraction of sp³-hybridized carbons (Fsp3) is 0.933. The van der Waals surface area contributed by atoms with Crippen molar-refractivity contribution in [3.8, 4) is 0 Å². The predicted molar refractivity (Wildman–Crippen MR) is 74.5 cm³/mol. The van der Waals surface area contributed by atoms with E-state index in [9.17, 15) is 4.79 Å². The fourth-order valence-electron chi connectivity index (χ4n) is 3.04. The fourth-order valence-corrected chi connectivity index (χ4v) is 3.04. The Morgan fingerprint density at radius 2 is 2.00 bits per heavy atom. The predicted octanol–water partition coefficient (Wildman–Crippen LogP) is 3.28. The number of rotatable bonds is 5. The van der Waals surface area contributed by atoms with Crippen molar-refractivity contribution >= 4 is 5.97 Å². The summed E-state index contributed by atoms with van der Waals surface area (Å²) in [6.07, 6.45) is 8.93. The van der Waals surface area contributed by atoms with Gasteiger partial charge in [-0.2, -0.15) is 0 Å². The summed E-state index contributed by atoms with van der Waals surface area (Å²) in [5.74, 6) is 0.722. The summed E-state index contributed by atoms with van der Waals surface area (Å²) in [6, 6.07) is 0.459. The molecule has 0 aromatic rings. The first-order valence-corrected chi connectivity index (χ1v) is 7.35. The largest absolute Gasteiger partial charge is 0.468 e. The number of nitrogens with one attached hydrogen (secondary N) is 1. The standard InChI is InChI=1S/C15H29NO2/c1-5-7-12-8-6-9-13(11-10-12)16-15(2,3)14(17)18-4/h12-13,16H,5-11H2,1-4H3. The molecule has 1 aliphatic rings. The third kappa shape index (κ3) is 4.60. The van der Waals surface area contributed by atoms with E-state index in [0.717, 1.165) is 5.92 Å². The van der Waals surface area contributed by atoms with Gasteiger partial charge >= 0.3 is 5.97 Å². The van der Waals surface area contributed by atoms with Gasteiger partial charge in [0, 0.05) is 6.04 Å². The Hall–Kier alpha value is -0.570. The van der Waals surface area contributed by atoms with Gasteiger partial charge in [-0.3, -0.25) is 10.1 Å². The molecule has 0 spiro atoms. The maximum absolute atomic E-state index is 11.7. The Morgan fingerprint density at radius 3 is 2.61 bits per heavy atom. The molecule has 0 radical (unpaired) electrons. The van der Waals surface area contributed by atoms with Crippen LogP contribution in [0.1, 0.15) is 65.7 Å². The minimum absolute atomic E-state index is 0.170. The van der Waals surface area contributed by atoms with Gasteiger partial charge < -0.3 is 4.74 Å². The van der Waals surface area contributed by atoms with E-state index in [4.69, 9.17) is 4.74 Å². The van der Waals surface area contributed by atoms with Crippen molar-refractivity contribution < 1.29 is 9.53 Å². The first kappa shape index (κ1) is 15.5. The number of ether oxygens (including phenoxy) is 1. The van der Waals surface area contributed by atoms with E-state index in [-0.39, 0.29) is 5.97 Å². The van der Waals surface area contributed by atoms with E-state index in [0.29, 0.717) is 6.04 Å². The number of carbonyl (C=O) groups is 1. The van der Waals surface area contributed by atoms with Gasteiger partial charge in [-0.25, -0.2) is 0 Å². The van der Waals surface area contributed by atoms with Gasteiger partial charge in [0.1, 0.15) is 5.54 Å². The topological polar surface area (TPSA) is 38.3 Å². The molecule has 2 unspecified atom stereocenters.